The monoisotopic (exact) mass is 346 g/mol. The van der Waals surface area contributed by atoms with Crippen LogP contribution in [-0.2, 0) is 6.42 Å². The van der Waals surface area contributed by atoms with Crippen LogP contribution >= 0.6 is 11.3 Å². The Morgan fingerprint density at radius 1 is 0.880 bits per heavy atom. The van der Waals surface area contributed by atoms with Gasteiger partial charge in [0.25, 0.3) is 0 Å². The Morgan fingerprint density at radius 2 is 1.68 bits per heavy atom. The Hall–Kier alpha value is -2.26. The van der Waals surface area contributed by atoms with E-state index in [2.05, 4.69) is 75.4 Å². The van der Waals surface area contributed by atoms with Crippen LogP contribution < -0.4 is 0 Å². The van der Waals surface area contributed by atoms with Gasteiger partial charge in [-0.3, -0.25) is 4.98 Å². The molecule has 0 saturated heterocycles. The van der Waals surface area contributed by atoms with E-state index >= 15 is 0 Å². The van der Waals surface area contributed by atoms with Crippen molar-refractivity contribution in [3.05, 3.63) is 70.9 Å². The largest absolute Gasteiger partial charge is 0.253 e. The predicted molar refractivity (Wildman–Crippen MR) is 108 cm³/mol. The van der Waals surface area contributed by atoms with Crippen molar-refractivity contribution in [2.75, 3.05) is 0 Å². The topological polar surface area (TPSA) is 25.8 Å². The highest BCUT2D eigenvalue weighted by Gasteiger charge is 2.13. The van der Waals surface area contributed by atoms with Crippen molar-refractivity contribution in [2.24, 2.45) is 0 Å². The van der Waals surface area contributed by atoms with Gasteiger partial charge < -0.3 is 0 Å². The lowest BCUT2D eigenvalue weighted by molar-refractivity contribution is 0.754. The first-order valence-corrected chi connectivity index (χ1v) is 9.67. The lowest BCUT2D eigenvalue weighted by Crippen LogP contribution is -1.99. The molecule has 0 saturated carbocycles. The van der Waals surface area contributed by atoms with Crippen LogP contribution in [-0.4, -0.2) is 9.97 Å². The van der Waals surface area contributed by atoms with Gasteiger partial charge in [0.1, 0.15) is 0 Å². The van der Waals surface area contributed by atoms with Gasteiger partial charge in [-0.1, -0.05) is 51.1 Å². The average Bonchev–Trinajstić information content (AvgIpc) is 3.05. The summed E-state index contributed by atoms with van der Waals surface area (Å²) in [7, 11) is 0. The molecule has 2 nitrogen and oxygen atoms in total. The van der Waals surface area contributed by atoms with Gasteiger partial charge in [0, 0.05) is 17.0 Å². The molecule has 2 heterocycles. The highest BCUT2D eigenvalue weighted by molar-refractivity contribution is 7.18. The number of pyridine rings is 1. The van der Waals surface area contributed by atoms with Gasteiger partial charge in [0.05, 0.1) is 20.7 Å². The van der Waals surface area contributed by atoms with E-state index in [4.69, 9.17) is 9.97 Å². The predicted octanol–water partition coefficient (Wildman–Crippen LogP) is 6.31. The van der Waals surface area contributed by atoms with Crippen LogP contribution in [0.4, 0.5) is 0 Å². The maximum Gasteiger partial charge on any atom is 0.0970 e. The molecule has 0 N–H and O–H groups in total. The molecule has 126 valence electrons. The molecule has 0 fully saturated rings. The van der Waals surface area contributed by atoms with E-state index in [1.807, 2.05) is 11.3 Å². The maximum absolute atomic E-state index is 4.84. The quantitative estimate of drug-likeness (QED) is 0.432. The maximum atomic E-state index is 4.84. The van der Waals surface area contributed by atoms with Gasteiger partial charge in [-0.25, -0.2) is 4.98 Å². The minimum atomic E-state index is 0.406. The molecular formula is C22H22N2S. The smallest absolute Gasteiger partial charge is 0.0970 e. The summed E-state index contributed by atoms with van der Waals surface area (Å²) in [6.45, 7) is 6.64. The normalized spacial score (nSPS) is 13.0. The molecule has 3 heteroatoms. The Balaban J connectivity index is 1.62. The van der Waals surface area contributed by atoms with E-state index in [1.165, 1.54) is 20.7 Å². The van der Waals surface area contributed by atoms with Crippen LogP contribution in [0.3, 0.4) is 0 Å². The van der Waals surface area contributed by atoms with E-state index in [1.54, 1.807) is 0 Å². The van der Waals surface area contributed by atoms with Crippen LogP contribution in [0.25, 0.3) is 21.1 Å². The molecule has 2 aromatic carbocycles. The van der Waals surface area contributed by atoms with E-state index < -0.39 is 0 Å². The van der Waals surface area contributed by atoms with Gasteiger partial charge in [0.2, 0.25) is 0 Å². The molecule has 0 aliphatic rings. The molecule has 0 spiro atoms. The summed E-state index contributed by atoms with van der Waals surface area (Å²) >= 11 is 1.81. The van der Waals surface area contributed by atoms with Gasteiger partial charge in [-0.15, -0.1) is 11.3 Å². The second-order valence-corrected chi connectivity index (χ2v) is 8.11. The van der Waals surface area contributed by atoms with E-state index in [9.17, 15) is 0 Å². The first-order valence-electron chi connectivity index (χ1n) is 8.85. The molecule has 0 radical (unpaired) electrons. The third-order valence-corrected chi connectivity index (χ3v) is 5.91. The van der Waals surface area contributed by atoms with Crippen LogP contribution in [0.1, 0.15) is 48.9 Å². The second kappa shape index (κ2) is 6.57. The summed E-state index contributed by atoms with van der Waals surface area (Å²) in [5.74, 6) is 0.859. The van der Waals surface area contributed by atoms with Crippen molar-refractivity contribution in [2.45, 2.75) is 39.0 Å². The molecule has 0 aliphatic carbocycles. The fourth-order valence-corrected chi connectivity index (χ4v) is 4.19. The number of rotatable bonds is 4. The summed E-state index contributed by atoms with van der Waals surface area (Å²) < 4.78 is 1.27. The highest BCUT2D eigenvalue weighted by Crippen LogP contribution is 2.30. The van der Waals surface area contributed by atoms with E-state index in [0.717, 1.165) is 23.1 Å². The van der Waals surface area contributed by atoms with Crippen LogP contribution in [0.2, 0.25) is 0 Å². The number of thiazole rings is 1. The van der Waals surface area contributed by atoms with Crippen LogP contribution in [0.5, 0.6) is 0 Å². The second-order valence-electron chi connectivity index (χ2n) is 7.04. The van der Waals surface area contributed by atoms with Gasteiger partial charge in [-0.2, -0.15) is 0 Å². The van der Waals surface area contributed by atoms with Crippen molar-refractivity contribution in [1.82, 2.24) is 9.97 Å². The van der Waals surface area contributed by atoms with Gasteiger partial charge in [-0.05, 0) is 42.2 Å². The SMILES string of the molecule is CC(C)c1ccc2ccc(CC(C)c3nc4ccccc4s3)cc2n1. The number of hydrogen-bond donors (Lipinski definition) is 0. The van der Waals surface area contributed by atoms with Crippen molar-refractivity contribution >= 4 is 32.5 Å². The number of nitrogens with zero attached hydrogens (tertiary/aromatic N) is 2. The fourth-order valence-electron chi connectivity index (χ4n) is 3.17. The Morgan fingerprint density at radius 3 is 2.48 bits per heavy atom. The molecule has 4 aromatic rings. The molecule has 0 amide bonds. The lowest BCUT2D eigenvalue weighted by Gasteiger charge is -2.10. The summed E-state index contributed by atoms with van der Waals surface area (Å²) in [5, 5.41) is 2.42. The Kier molecular flexibility index (Phi) is 4.26. The standard InChI is InChI=1S/C22H22N2S/c1-14(2)18-11-10-17-9-8-16(13-20(17)23-18)12-15(3)22-24-19-6-4-5-7-21(19)25-22/h4-11,13-15H,12H2,1-3H3. The molecule has 0 bridgehead atoms. The Labute approximate surface area is 152 Å². The molecule has 2 aromatic heterocycles. The van der Waals surface area contributed by atoms with Crippen molar-refractivity contribution in [3.63, 3.8) is 0 Å². The van der Waals surface area contributed by atoms with Gasteiger partial charge >= 0.3 is 0 Å². The lowest BCUT2D eigenvalue weighted by atomic mass is 10.00. The summed E-state index contributed by atoms with van der Waals surface area (Å²) in [6.07, 6.45) is 0.989. The molecular weight excluding hydrogens is 324 g/mol. The summed E-state index contributed by atoms with van der Waals surface area (Å²) in [5.41, 5.74) is 4.69. The van der Waals surface area contributed by atoms with Gasteiger partial charge in [0.15, 0.2) is 0 Å². The van der Waals surface area contributed by atoms with Crippen LogP contribution in [0, 0.1) is 0 Å². The van der Waals surface area contributed by atoms with Crippen LogP contribution in [0.15, 0.2) is 54.6 Å². The average molecular weight is 346 g/mol. The molecule has 1 atom stereocenters. The number of hydrogen-bond acceptors (Lipinski definition) is 3. The van der Waals surface area contributed by atoms with Crippen molar-refractivity contribution < 1.29 is 0 Å². The summed E-state index contributed by atoms with van der Waals surface area (Å²) in [4.78, 5) is 9.65. The first kappa shape index (κ1) is 16.2. The summed E-state index contributed by atoms with van der Waals surface area (Å²) in [6, 6.07) is 19.3. The zero-order valence-electron chi connectivity index (χ0n) is 14.9. The molecule has 4 rings (SSSR count). The van der Waals surface area contributed by atoms with E-state index in [-0.39, 0.29) is 0 Å². The minimum Gasteiger partial charge on any atom is -0.253 e. The number of para-hydroxylation sites is 1. The highest BCUT2D eigenvalue weighted by atomic mass is 32.1. The molecule has 1 unspecified atom stereocenters. The third-order valence-electron chi connectivity index (χ3n) is 4.64. The Bertz CT molecular complexity index is 1000. The number of fused-ring (bicyclic) bond motifs is 2. The number of aromatic nitrogens is 2. The minimum absolute atomic E-state index is 0.406. The van der Waals surface area contributed by atoms with E-state index in [0.29, 0.717) is 11.8 Å². The third kappa shape index (κ3) is 3.29. The number of benzene rings is 2. The van der Waals surface area contributed by atoms with Crippen molar-refractivity contribution in [1.29, 1.82) is 0 Å². The molecule has 25 heavy (non-hydrogen) atoms. The van der Waals surface area contributed by atoms with Crippen molar-refractivity contribution in [3.8, 4) is 0 Å². The zero-order chi connectivity index (χ0) is 17.4. The molecule has 0 aliphatic heterocycles. The zero-order valence-corrected chi connectivity index (χ0v) is 15.7. The fraction of sp³-hybridized carbons (Fsp3) is 0.273. The first-order chi connectivity index (χ1) is 12.1.